The largest absolute Gasteiger partial charge is 0.462 e. The third-order valence-electron chi connectivity index (χ3n) is 11.6. The lowest BCUT2D eigenvalue weighted by atomic mass is 10.0. The van der Waals surface area contributed by atoms with Crippen LogP contribution in [-0.4, -0.2) is 46.9 Å². The van der Waals surface area contributed by atoms with Crippen molar-refractivity contribution in [1.29, 1.82) is 0 Å². The Bertz CT molecular complexity index is 1090. The zero-order valence-electron chi connectivity index (χ0n) is 40.3. The zero-order chi connectivity index (χ0) is 44.5. The Kier molecular flexibility index (Phi) is 46.6. The molecule has 61 heavy (non-hydrogen) atoms. The lowest BCUT2D eigenvalue weighted by molar-refractivity contribution is -0.151. The van der Waals surface area contributed by atoms with Gasteiger partial charge in [0.25, 0.3) is 0 Å². The monoisotopic (exact) mass is 854 g/mol. The highest BCUT2D eigenvalue weighted by Gasteiger charge is 2.24. The van der Waals surface area contributed by atoms with Crippen LogP contribution in [0.3, 0.4) is 0 Å². The summed E-state index contributed by atoms with van der Waals surface area (Å²) >= 11 is 0. The van der Waals surface area contributed by atoms with Crippen molar-refractivity contribution in [2.75, 3.05) is 6.61 Å². The molecule has 0 heterocycles. The van der Waals surface area contributed by atoms with Crippen LogP contribution < -0.4 is 5.32 Å². The number of aliphatic hydroxyl groups is 2. The normalized spacial score (nSPS) is 13.7. The molecule has 0 aromatic carbocycles. The first kappa shape index (κ1) is 58.6. The highest BCUT2D eigenvalue weighted by atomic mass is 16.5. The van der Waals surface area contributed by atoms with Crippen LogP contribution in [0.2, 0.25) is 0 Å². The number of ether oxygens (including phenoxy) is 1. The van der Waals surface area contributed by atoms with Gasteiger partial charge in [0.1, 0.15) is 6.10 Å². The number of allylic oxidation sites excluding steroid dienone is 10. The SMILES string of the molecule is CCCCC/C=C\C/C=C\C/C=C\CCCCCCC(=O)OC(CCC/C=C/C=C/CCCCCCCCC)CC(=O)NC(CO)C(O)CCCCCCCCCCCCC. The van der Waals surface area contributed by atoms with E-state index in [0.717, 1.165) is 83.5 Å². The van der Waals surface area contributed by atoms with Gasteiger partial charge in [-0.15, -0.1) is 0 Å². The molecule has 6 heteroatoms. The van der Waals surface area contributed by atoms with Gasteiger partial charge >= 0.3 is 5.97 Å². The Morgan fingerprint density at radius 1 is 0.492 bits per heavy atom. The number of carbonyl (C=O) groups excluding carboxylic acids is 2. The standard InChI is InChI=1S/C55H99NO5/c1-4-7-10-13-16-19-22-24-26-27-28-30-33-36-39-42-45-48-55(60)61-51(46-43-40-37-34-32-29-25-23-20-17-14-11-8-5-2)49-54(59)56-52(50-57)53(58)47-44-41-38-35-31-21-18-15-12-9-6-3/h16,19,24,26,28-30,32,34,37,51-53,57-58H,4-15,17-18,20-23,25,27,31,33,35-36,38-50H2,1-3H3,(H,56,59)/b19-16-,26-24-,30-28-,32-29+,37-34+. The summed E-state index contributed by atoms with van der Waals surface area (Å²) in [4.78, 5) is 26.1. The molecule has 0 aromatic rings. The second-order valence-electron chi connectivity index (χ2n) is 17.6. The predicted molar refractivity (Wildman–Crippen MR) is 264 cm³/mol. The van der Waals surface area contributed by atoms with Crippen molar-refractivity contribution in [3.05, 3.63) is 60.8 Å². The van der Waals surface area contributed by atoms with E-state index in [9.17, 15) is 19.8 Å². The molecule has 0 bridgehead atoms. The second kappa shape index (κ2) is 48.6. The number of unbranched alkanes of at least 4 members (excludes halogenated alkanes) is 25. The predicted octanol–water partition coefficient (Wildman–Crippen LogP) is 15.6. The quantitative estimate of drug-likeness (QED) is 0.0245. The van der Waals surface area contributed by atoms with Crippen molar-refractivity contribution in [3.8, 4) is 0 Å². The molecule has 0 spiro atoms. The molecule has 3 atom stereocenters. The van der Waals surface area contributed by atoms with Crippen LogP contribution in [-0.2, 0) is 14.3 Å². The number of hydrogen-bond acceptors (Lipinski definition) is 5. The zero-order valence-corrected chi connectivity index (χ0v) is 40.3. The molecule has 0 radical (unpaired) electrons. The van der Waals surface area contributed by atoms with Crippen molar-refractivity contribution < 1.29 is 24.5 Å². The number of amides is 1. The van der Waals surface area contributed by atoms with Gasteiger partial charge in [0.2, 0.25) is 5.91 Å². The van der Waals surface area contributed by atoms with Gasteiger partial charge in [-0.1, -0.05) is 216 Å². The molecular formula is C55H99NO5. The lowest BCUT2D eigenvalue weighted by Gasteiger charge is -2.24. The van der Waals surface area contributed by atoms with Gasteiger partial charge in [0.15, 0.2) is 0 Å². The van der Waals surface area contributed by atoms with Crippen LogP contribution in [0.25, 0.3) is 0 Å². The third-order valence-corrected chi connectivity index (χ3v) is 11.6. The van der Waals surface area contributed by atoms with Crippen LogP contribution in [0.5, 0.6) is 0 Å². The molecule has 3 unspecified atom stereocenters. The number of carbonyl (C=O) groups is 2. The molecule has 1 amide bonds. The molecule has 354 valence electrons. The van der Waals surface area contributed by atoms with Crippen LogP contribution >= 0.6 is 0 Å². The molecule has 0 saturated carbocycles. The van der Waals surface area contributed by atoms with Crippen molar-refractivity contribution in [2.45, 2.75) is 270 Å². The van der Waals surface area contributed by atoms with E-state index in [2.05, 4.69) is 86.8 Å². The Hall–Kier alpha value is -2.44. The van der Waals surface area contributed by atoms with Gasteiger partial charge in [-0.3, -0.25) is 9.59 Å². The molecule has 0 aliphatic rings. The highest BCUT2D eigenvalue weighted by Crippen LogP contribution is 2.16. The first-order valence-corrected chi connectivity index (χ1v) is 26.0. The van der Waals surface area contributed by atoms with E-state index in [-0.39, 0.29) is 24.9 Å². The van der Waals surface area contributed by atoms with Crippen molar-refractivity contribution in [2.24, 2.45) is 0 Å². The fourth-order valence-electron chi connectivity index (χ4n) is 7.61. The van der Waals surface area contributed by atoms with Gasteiger partial charge in [0, 0.05) is 6.42 Å². The van der Waals surface area contributed by atoms with Gasteiger partial charge in [-0.25, -0.2) is 0 Å². The van der Waals surface area contributed by atoms with E-state index in [1.807, 2.05) is 0 Å². The number of rotatable bonds is 46. The van der Waals surface area contributed by atoms with Crippen LogP contribution in [0.15, 0.2) is 60.8 Å². The molecule has 0 aromatic heterocycles. The summed E-state index contributed by atoms with van der Waals surface area (Å²) in [5, 5.41) is 23.7. The minimum atomic E-state index is -0.804. The molecule has 0 saturated heterocycles. The molecular weight excluding hydrogens is 755 g/mol. The van der Waals surface area contributed by atoms with Crippen LogP contribution in [0.1, 0.15) is 252 Å². The van der Waals surface area contributed by atoms with Gasteiger partial charge < -0.3 is 20.3 Å². The summed E-state index contributed by atoms with van der Waals surface area (Å²) in [7, 11) is 0. The summed E-state index contributed by atoms with van der Waals surface area (Å²) in [6, 6.07) is -0.721. The molecule has 0 fully saturated rings. The summed E-state index contributed by atoms with van der Waals surface area (Å²) in [5.74, 6) is -0.545. The van der Waals surface area contributed by atoms with Crippen molar-refractivity contribution in [3.63, 3.8) is 0 Å². The fraction of sp³-hybridized carbons (Fsp3) is 0.782. The molecule has 0 aliphatic heterocycles. The Balaban J connectivity index is 4.69. The summed E-state index contributed by atoms with van der Waals surface area (Å²) in [5.41, 5.74) is 0. The smallest absolute Gasteiger partial charge is 0.306 e. The fourth-order valence-corrected chi connectivity index (χ4v) is 7.61. The van der Waals surface area contributed by atoms with Crippen LogP contribution in [0.4, 0.5) is 0 Å². The number of aliphatic hydroxyl groups excluding tert-OH is 2. The second-order valence-corrected chi connectivity index (χ2v) is 17.6. The van der Waals surface area contributed by atoms with E-state index in [4.69, 9.17) is 4.74 Å². The molecule has 3 N–H and O–H groups in total. The maximum absolute atomic E-state index is 13.2. The summed E-state index contributed by atoms with van der Waals surface area (Å²) in [6.45, 7) is 6.42. The van der Waals surface area contributed by atoms with E-state index in [0.29, 0.717) is 19.3 Å². The van der Waals surface area contributed by atoms with Gasteiger partial charge in [-0.05, 0) is 83.5 Å². The number of hydrogen-bond donors (Lipinski definition) is 3. The number of nitrogens with one attached hydrogen (secondary N) is 1. The lowest BCUT2D eigenvalue weighted by Crippen LogP contribution is -2.46. The average Bonchev–Trinajstić information content (AvgIpc) is 3.25. The van der Waals surface area contributed by atoms with E-state index < -0.39 is 18.2 Å². The molecule has 0 rings (SSSR count). The third kappa shape index (κ3) is 44.0. The Morgan fingerprint density at radius 2 is 0.902 bits per heavy atom. The maximum atomic E-state index is 13.2. The highest BCUT2D eigenvalue weighted by molar-refractivity contribution is 5.77. The first-order chi connectivity index (χ1) is 30.0. The maximum Gasteiger partial charge on any atom is 0.306 e. The molecule has 6 nitrogen and oxygen atoms in total. The topological polar surface area (TPSA) is 95.9 Å². The minimum Gasteiger partial charge on any atom is -0.462 e. The van der Waals surface area contributed by atoms with E-state index in [1.165, 1.54) is 122 Å². The van der Waals surface area contributed by atoms with Crippen molar-refractivity contribution in [1.82, 2.24) is 5.32 Å². The summed E-state index contributed by atoms with van der Waals surface area (Å²) in [6.07, 6.45) is 60.0. The Morgan fingerprint density at radius 3 is 1.43 bits per heavy atom. The first-order valence-electron chi connectivity index (χ1n) is 26.0. The molecule has 0 aliphatic carbocycles. The Labute approximate surface area is 378 Å². The summed E-state index contributed by atoms with van der Waals surface area (Å²) < 4.78 is 5.90. The van der Waals surface area contributed by atoms with Gasteiger partial charge in [0.05, 0.1) is 25.2 Å². The minimum absolute atomic E-state index is 0.0345. The number of esters is 1. The van der Waals surface area contributed by atoms with Gasteiger partial charge in [-0.2, -0.15) is 0 Å². The van der Waals surface area contributed by atoms with E-state index >= 15 is 0 Å². The van der Waals surface area contributed by atoms with Crippen molar-refractivity contribution >= 4 is 11.9 Å². The van der Waals surface area contributed by atoms with Crippen LogP contribution in [0, 0.1) is 0 Å². The van der Waals surface area contributed by atoms with E-state index in [1.54, 1.807) is 0 Å². The average molecular weight is 854 g/mol.